The maximum Gasteiger partial charge on any atom is 0.168 e. The van der Waals surface area contributed by atoms with Gasteiger partial charge >= 0.3 is 0 Å². The Labute approximate surface area is 135 Å². The Kier molecular flexibility index (Phi) is 3.74. The van der Waals surface area contributed by atoms with Crippen molar-refractivity contribution in [2.75, 3.05) is 31.2 Å². The molecule has 7 nitrogen and oxygen atoms in total. The number of imidazole rings is 1. The van der Waals surface area contributed by atoms with E-state index in [0.717, 1.165) is 37.6 Å². The summed E-state index contributed by atoms with van der Waals surface area (Å²) < 4.78 is 13.5. The number of nitrogens with zero attached hydrogens (tertiary/aromatic N) is 5. The smallest absolute Gasteiger partial charge is 0.168 e. The summed E-state index contributed by atoms with van der Waals surface area (Å²) in [4.78, 5) is 15.1. The largest absolute Gasteiger partial charge is 0.356 e. The van der Waals surface area contributed by atoms with E-state index in [1.165, 1.54) is 0 Å². The van der Waals surface area contributed by atoms with Crippen molar-refractivity contribution in [1.29, 1.82) is 0 Å². The minimum Gasteiger partial charge on any atom is -0.356 e. The van der Waals surface area contributed by atoms with E-state index in [0.29, 0.717) is 19.1 Å². The summed E-state index contributed by atoms with van der Waals surface area (Å²) in [5.74, 6) is 1.83. The van der Waals surface area contributed by atoms with Gasteiger partial charge in [0.05, 0.1) is 13.2 Å². The second-order valence-electron chi connectivity index (χ2n) is 6.18. The van der Waals surface area contributed by atoms with Gasteiger partial charge in [0.25, 0.3) is 0 Å². The molecular weight excluding hydrogens is 294 g/mol. The van der Waals surface area contributed by atoms with E-state index in [2.05, 4.69) is 26.8 Å². The van der Waals surface area contributed by atoms with Crippen LogP contribution >= 0.6 is 0 Å². The van der Waals surface area contributed by atoms with Gasteiger partial charge in [-0.3, -0.25) is 4.57 Å². The average molecular weight is 315 g/mol. The molecule has 0 amide bonds. The fourth-order valence-corrected chi connectivity index (χ4v) is 3.44. The van der Waals surface area contributed by atoms with Crippen LogP contribution in [0.3, 0.4) is 0 Å². The van der Waals surface area contributed by atoms with Crippen molar-refractivity contribution in [1.82, 2.24) is 19.5 Å². The fraction of sp³-hybridized carbons (Fsp3) is 0.562. The van der Waals surface area contributed by atoms with Gasteiger partial charge < -0.3 is 14.4 Å². The zero-order chi connectivity index (χ0) is 15.7. The highest BCUT2D eigenvalue weighted by molar-refractivity contribution is 5.43. The van der Waals surface area contributed by atoms with E-state index in [1.54, 1.807) is 18.9 Å². The maximum atomic E-state index is 5.81. The van der Waals surface area contributed by atoms with Crippen LogP contribution in [0.15, 0.2) is 31.1 Å². The molecule has 4 rings (SSSR count). The van der Waals surface area contributed by atoms with E-state index in [4.69, 9.17) is 9.47 Å². The third-order valence-corrected chi connectivity index (χ3v) is 4.83. The van der Waals surface area contributed by atoms with Gasteiger partial charge in [0.15, 0.2) is 5.79 Å². The molecule has 0 unspecified atom stereocenters. The monoisotopic (exact) mass is 315 g/mol. The summed E-state index contributed by atoms with van der Waals surface area (Å²) >= 11 is 0. The molecule has 0 atom stereocenters. The molecule has 122 valence electrons. The molecule has 0 spiro atoms. The van der Waals surface area contributed by atoms with E-state index in [9.17, 15) is 0 Å². The van der Waals surface area contributed by atoms with Crippen LogP contribution in [0, 0.1) is 5.92 Å². The fourth-order valence-electron chi connectivity index (χ4n) is 3.44. The third kappa shape index (κ3) is 2.82. The highest BCUT2D eigenvalue weighted by atomic mass is 16.7. The Balaban J connectivity index is 1.45. The highest BCUT2D eigenvalue weighted by Gasteiger charge is 2.41. The third-order valence-electron chi connectivity index (χ3n) is 4.83. The molecule has 4 heterocycles. The minimum absolute atomic E-state index is 0.403. The Morgan fingerprint density at radius 3 is 2.57 bits per heavy atom. The summed E-state index contributed by atoms with van der Waals surface area (Å²) in [7, 11) is 0. The topological polar surface area (TPSA) is 65.3 Å². The van der Waals surface area contributed by atoms with Crippen molar-refractivity contribution in [3.05, 3.63) is 31.1 Å². The average Bonchev–Trinajstić information content (AvgIpc) is 3.28. The zero-order valence-electron chi connectivity index (χ0n) is 13.3. The van der Waals surface area contributed by atoms with Gasteiger partial charge in [0, 0.05) is 37.5 Å². The standard InChI is InChI=1S/C16H21N5O2/c1-16(22-8-9-23-16)13-2-5-20(6-3-13)14-10-15(19-11-18-14)21-7-4-17-12-21/h4,7,10-13H,2-3,5-6,8-9H2,1H3. The van der Waals surface area contributed by atoms with Crippen LogP contribution in [-0.2, 0) is 9.47 Å². The highest BCUT2D eigenvalue weighted by Crippen LogP contribution is 2.35. The van der Waals surface area contributed by atoms with Gasteiger partial charge in [0.1, 0.15) is 24.3 Å². The maximum absolute atomic E-state index is 5.81. The van der Waals surface area contributed by atoms with Gasteiger partial charge in [-0.25, -0.2) is 15.0 Å². The lowest BCUT2D eigenvalue weighted by atomic mass is 9.89. The van der Waals surface area contributed by atoms with Crippen molar-refractivity contribution in [2.45, 2.75) is 25.6 Å². The lowest BCUT2D eigenvalue weighted by molar-refractivity contribution is -0.185. The van der Waals surface area contributed by atoms with Crippen molar-refractivity contribution in [2.24, 2.45) is 5.92 Å². The molecule has 0 N–H and O–H groups in total. The van der Waals surface area contributed by atoms with Crippen molar-refractivity contribution in [3.63, 3.8) is 0 Å². The van der Waals surface area contributed by atoms with E-state index >= 15 is 0 Å². The second-order valence-corrected chi connectivity index (χ2v) is 6.18. The molecule has 0 radical (unpaired) electrons. The Morgan fingerprint density at radius 1 is 1.13 bits per heavy atom. The summed E-state index contributed by atoms with van der Waals surface area (Å²) in [6.07, 6.45) is 9.07. The van der Waals surface area contributed by atoms with Crippen LogP contribution in [-0.4, -0.2) is 51.6 Å². The number of anilines is 1. The molecule has 2 aromatic rings. The van der Waals surface area contributed by atoms with Gasteiger partial charge in [-0.05, 0) is 19.8 Å². The summed E-state index contributed by atoms with van der Waals surface area (Å²) in [5.41, 5.74) is 0. The normalized spacial score (nSPS) is 21.7. The molecule has 0 saturated carbocycles. The van der Waals surface area contributed by atoms with Crippen LogP contribution in [0.4, 0.5) is 5.82 Å². The lowest BCUT2D eigenvalue weighted by Gasteiger charge is -2.39. The quantitative estimate of drug-likeness (QED) is 0.858. The summed E-state index contributed by atoms with van der Waals surface area (Å²) in [5, 5.41) is 0. The van der Waals surface area contributed by atoms with Gasteiger partial charge in [0.2, 0.25) is 0 Å². The zero-order valence-corrected chi connectivity index (χ0v) is 13.3. The van der Waals surface area contributed by atoms with Crippen LogP contribution in [0.1, 0.15) is 19.8 Å². The molecule has 0 bridgehead atoms. The minimum atomic E-state index is -0.403. The molecule has 2 aliphatic rings. The van der Waals surface area contributed by atoms with Crippen LogP contribution in [0.5, 0.6) is 0 Å². The first-order valence-corrected chi connectivity index (χ1v) is 8.08. The predicted octanol–water partition coefficient (Wildman–Crippen LogP) is 1.64. The summed E-state index contributed by atoms with van der Waals surface area (Å²) in [6.45, 7) is 5.39. The predicted molar refractivity (Wildman–Crippen MR) is 84.4 cm³/mol. The molecule has 2 aliphatic heterocycles. The van der Waals surface area contributed by atoms with Crippen molar-refractivity contribution in [3.8, 4) is 5.82 Å². The Hall–Kier alpha value is -1.99. The van der Waals surface area contributed by atoms with Crippen LogP contribution in [0.25, 0.3) is 5.82 Å². The first kappa shape index (κ1) is 14.6. The van der Waals surface area contributed by atoms with Gasteiger partial charge in [-0.2, -0.15) is 0 Å². The number of piperidine rings is 1. The van der Waals surface area contributed by atoms with Crippen molar-refractivity contribution >= 4 is 5.82 Å². The van der Waals surface area contributed by atoms with Crippen LogP contribution < -0.4 is 4.90 Å². The Bertz CT molecular complexity index is 646. The van der Waals surface area contributed by atoms with E-state index in [1.807, 2.05) is 16.8 Å². The molecule has 0 aromatic carbocycles. The van der Waals surface area contributed by atoms with Gasteiger partial charge in [-0.15, -0.1) is 0 Å². The van der Waals surface area contributed by atoms with E-state index in [-0.39, 0.29) is 0 Å². The molecule has 2 aromatic heterocycles. The Morgan fingerprint density at radius 2 is 1.87 bits per heavy atom. The molecule has 0 aliphatic carbocycles. The first-order chi connectivity index (χ1) is 11.2. The second kappa shape index (κ2) is 5.90. The summed E-state index contributed by atoms with van der Waals surface area (Å²) in [6, 6.07) is 2.01. The molecule has 23 heavy (non-hydrogen) atoms. The first-order valence-electron chi connectivity index (χ1n) is 8.08. The lowest BCUT2D eigenvalue weighted by Crippen LogP contribution is -2.44. The SMILES string of the molecule is CC1(C2CCN(c3cc(-n4ccnc4)ncn3)CC2)OCCO1. The number of hydrogen-bond acceptors (Lipinski definition) is 6. The molecular formula is C16H21N5O2. The number of hydrogen-bond donors (Lipinski definition) is 0. The number of ether oxygens (including phenoxy) is 2. The van der Waals surface area contributed by atoms with Gasteiger partial charge in [-0.1, -0.05) is 0 Å². The molecule has 2 fully saturated rings. The molecule has 7 heteroatoms. The molecule has 2 saturated heterocycles. The number of aromatic nitrogens is 4. The van der Waals surface area contributed by atoms with E-state index < -0.39 is 5.79 Å². The number of rotatable bonds is 3. The van der Waals surface area contributed by atoms with Crippen LogP contribution in [0.2, 0.25) is 0 Å². The van der Waals surface area contributed by atoms with Crippen molar-refractivity contribution < 1.29 is 9.47 Å².